The minimum absolute atomic E-state index is 1.03. The van der Waals surface area contributed by atoms with Gasteiger partial charge in [0, 0.05) is 19.6 Å². The van der Waals surface area contributed by atoms with Gasteiger partial charge in [0.15, 0.2) is 0 Å². The van der Waals surface area contributed by atoms with Crippen LogP contribution < -0.4 is 0 Å². The molecule has 0 fully saturated rings. The van der Waals surface area contributed by atoms with Gasteiger partial charge in [-0.1, -0.05) is 66.7 Å². The lowest BCUT2D eigenvalue weighted by Crippen LogP contribution is -2.30. The fraction of sp³-hybridized carbons (Fsp3) is 0.222. The first-order valence-electron chi connectivity index (χ1n) is 6.92. The van der Waals surface area contributed by atoms with Crippen LogP contribution in [0.2, 0.25) is 0 Å². The molecule has 2 aromatic carbocycles. The predicted molar refractivity (Wildman–Crippen MR) is 80.9 cm³/mol. The molecule has 0 atom stereocenters. The maximum Gasteiger partial charge on any atom is 0.0239 e. The number of hydrogen-bond acceptors (Lipinski definition) is 1. The molecule has 1 aliphatic heterocycles. The summed E-state index contributed by atoms with van der Waals surface area (Å²) in [5.74, 6) is 0. The molecule has 2 aromatic rings. The second-order valence-corrected chi connectivity index (χ2v) is 5.07. The zero-order chi connectivity index (χ0) is 12.9. The van der Waals surface area contributed by atoms with Gasteiger partial charge in [0.05, 0.1) is 0 Å². The van der Waals surface area contributed by atoms with Crippen LogP contribution in [0.3, 0.4) is 0 Å². The van der Waals surface area contributed by atoms with Crippen molar-refractivity contribution in [2.75, 3.05) is 13.1 Å². The van der Waals surface area contributed by atoms with E-state index in [4.69, 9.17) is 0 Å². The third-order valence-electron chi connectivity index (χ3n) is 3.68. The lowest BCUT2D eigenvalue weighted by molar-refractivity contribution is 0.282. The lowest BCUT2D eigenvalue weighted by atomic mass is 10.00. The van der Waals surface area contributed by atoms with Crippen LogP contribution in [-0.2, 0) is 13.0 Å². The molecule has 0 N–H and O–H groups in total. The third-order valence-corrected chi connectivity index (χ3v) is 3.68. The largest absolute Gasteiger partial charge is 0.295 e. The average molecular weight is 249 g/mol. The van der Waals surface area contributed by atoms with Crippen molar-refractivity contribution in [1.29, 1.82) is 0 Å². The predicted octanol–water partition coefficient (Wildman–Crippen LogP) is 3.76. The van der Waals surface area contributed by atoms with Gasteiger partial charge in [-0.15, -0.1) is 0 Å². The van der Waals surface area contributed by atoms with Gasteiger partial charge < -0.3 is 0 Å². The van der Waals surface area contributed by atoms with E-state index in [1.54, 1.807) is 0 Å². The monoisotopic (exact) mass is 249 g/mol. The van der Waals surface area contributed by atoms with Gasteiger partial charge in [0.25, 0.3) is 0 Å². The minimum Gasteiger partial charge on any atom is -0.295 e. The maximum absolute atomic E-state index is 2.50. The molecule has 19 heavy (non-hydrogen) atoms. The van der Waals surface area contributed by atoms with E-state index in [1.807, 2.05) is 0 Å². The van der Waals surface area contributed by atoms with Crippen molar-refractivity contribution in [3.63, 3.8) is 0 Å². The number of fused-ring (bicyclic) bond motifs is 1. The van der Waals surface area contributed by atoms with E-state index in [2.05, 4.69) is 71.6 Å². The Kier molecular flexibility index (Phi) is 3.75. The summed E-state index contributed by atoms with van der Waals surface area (Å²) >= 11 is 0. The molecule has 0 aromatic heterocycles. The summed E-state index contributed by atoms with van der Waals surface area (Å²) in [5.41, 5.74) is 4.28. The second kappa shape index (κ2) is 5.85. The van der Waals surface area contributed by atoms with Crippen LogP contribution in [0.15, 0.2) is 60.7 Å². The van der Waals surface area contributed by atoms with E-state index < -0.39 is 0 Å². The Morgan fingerprint density at radius 1 is 0.895 bits per heavy atom. The van der Waals surface area contributed by atoms with Gasteiger partial charge in [-0.2, -0.15) is 0 Å². The van der Waals surface area contributed by atoms with Crippen molar-refractivity contribution < 1.29 is 0 Å². The van der Waals surface area contributed by atoms with Crippen LogP contribution in [-0.4, -0.2) is 18.0 Å². The molecule has 1 heterocycles. The standard InChI is InChI=1S/C18H19N/c1-2-7-16(8-3-1)9-6-13-19-14-12-17-10-4-5-11-18(17)15-19/h1-11H,12-15H2. The molecule has 0 amide bonds. The molecular weight excluding hydrogens is 230 g/mol. The van der Waals surface area contributed by atoms with E-state index >= 15 is 0 Å². The number of benzene rings is 2. The molecule has 1 nitrogen and oxygen atoms in total. The molecule has 96 valence electrons. The van der Waals surface area contributed by atoms with Crippen LogP contribution in [0.1, 0.15) is 16.7 Å². The number of rotatable bonds is 3. The van der Waals surface area contributed by atoms with Gasteiger partial charge in [-0.05, 0) is 23.1 Å². The van der Waals surface area contributed by atoms with Gasteiger partial charge in [-0.3, -0.25) is 4.90 Å². The van der Waals surface area contributed by atoms with Crippen molar-refractivity contribution in [2.45, 2.75) is 13.0 Å². The molecule has 0 unspecified atom stereocenters. The summed E-state index contributed by atoms with van der Waals surface area (Å²) in [6, 6.07) is 19.3. The summed E-state index contributed by atoms with van der Waals surface area (Å²) in [6.07, 6.45) is 5.65. The topological polar surface area (TPSA) is 3.24 Å². The van der Waals surface area contributed by atoms with Crippen LogP contribution in [0.25, 0.3) is 6.08 Å². The quantitative estimate of drug-likeness (QED) is 0.800. The van der Waals surface area contributed by atoms with E-state index in [0.717, 1.165) is 19.6 Å². The van der Waals surface area contributed by atoms with Crippen molar-refractivity contribution in [1.82, 2.24) is 4.90 Å². The molecule has 1 heteroatoms. The van der Waals surface area contributed by atoms with Crippen molar-refractivity contribution in [3.8, 4) is 0 Å². The molecule has 0 saturated carbocycles. The Hall–Kier alpha value is -1.86. The van der Waals surface area contributed by atoms with E-state index in [0.29, 0.717) is 0 Å². The first-order chi connectivity index (χ1) is 9.42. The Morgan fingerprint density at radius 2 is 1.63 bits per heavy atom. The molecule has 0 aliphatic carbocycles. The van der Waals surface area contributed by atoms with E-state index in [1.165, 1.54) is 23.1 Å². The highest BCUT2D eigenvalue weighted by Gasteiger charge is 2.13. The highest BCUT2D eigenvalue weighted by atomic mass is 15.1. The highest BCUT2D eigenvalue weighted by molar-refractivity contribution is 5.48. The van der Waals surface area contributed by atoms with Crippen LogP contribution >= 0.6 is 0 Å². The van der Waals surface area contributed by atoms with Crippen molar-refractivity contribution in [2.24, 2.45) is 0 Å². The first-order valence-corrected chi connectivity index (χ1v) is 6.92. The summed E-state index contributed by atoms with van der Waals surface area (Å²) in [5, 5.41) is 0. The smallest absolute Gasteiger partial charge is 0.0239 e. The summed E-state index contributed by atoms with van der Waals surface area (Å²) in [6.45, 7) is 3.27. The Labute approximate surface area is 115 Å². The third kappa shape index (κ3) is 3.12. The summed E-state index contributed by atoms with van der Waals surface area (Å²) < 4.78 is 0. The molecule has 1 aliphatic rings. The number of nitrogens with zero attached hydrogens (tertiary/aromatic N) is 1. The fourth-order valence-corrected chi connectivity index (χ4v) is 2.61. The SMILES string of the molecule is C(=Cc1ccccc1)CN1CCc2ccccc2C1. The molecule has 0 saturated heterocycles. The Morgan fingerprint density at radius 3 is 2.47 bits per heavy atom. The molecule has 0 bridgehead atoms. The van der Waals surface area contributed by atoms with Crippen LogP contribution in [0.4, 0.5) is 0 Å². The van der Waals surface area contributed by atoms with E-state index in [9.17, 15) is 0 Å². The maximum atomic E-state index is 2.50. The lowest BCUT2D eigenvalue weighted by Gasteiger charge is -2.27. The average Bonchev–Trinajstić information content (AvgIpc) is 2.48. The molecule has 3 rings (SSSR count). The van der Waals surface area contributed by atoms with Crippen molar-refractivity contribution in [3.05, 3.63) is 77.4 Å². The highest BCUT2D eigenvalue weighted by Crippen LogP contribution is 2.18. The Bertz CT molecular complexity index is 557. The number of hydrogen-bond donors (Lipinski definition) is 0. The van der Waals surface area contributed by atoms with Crippen LogP contribution in [0.5, 0.6) is 0 Å². The van der Waals surface area contributed by atoms with Gasteiger partial charge >= 0.3 is 0 Å². The Balaban J connectivity index is 1.59. The fourth-order valence-electron chi connectivity index (χ4n) is 2.61. The zero-order valence-corrected chi connectivity index (χ0v) is 11.1. The van der Waals surface area contributed by atoms with Gasteiger partial charge in [0.2, 0.25) is 0 Å². The summed E-state index contributed by atoms with van der Waals surface area (Å²) in [4.78, 5) is 2.50. The normalized spacial score (nSPS) is 15.6. The first kappa shape index (κ1) is 12.2. The van der Waals surface area contributed by atoms with Crippen LogP contribution in [0, 0.1) is 0 Å². The summed E-state index contributed by atoms with van der Waals surface area (Å²) in [7, 11) is 0. The van der Waals surface area contributed by atoms with Crippen molar-refractivity contribution >= 4 is 6.08 Å². The molecular formula is C18H19N. The van der Waals surface area contributed by atoms with Gasteiger partial charge in [-0.25, -0.2) is 0 Å². The van der Waals surface area contributed by atoms with Gasteiger partial charge in [0.1, 0.15) is 0 Å². The minimum atomic E-state index is 1.03. The second-order valence-electron chi connectivity index (χ2n) is 5.07. The zero-order valence-electron chi connectivity index (χ0n) is 11.1. The molecule has 0 radical (unpaired) electrons. The van der Waals surface area contributed by atoms with E-state index in [-0.39, 0.29) is 0 Å². The molecule has 0 spiro atoms.